The number of methoxy groups -OCH3 is 1. The van der Waals surface area contributed by atoms with Crippen LogP contribution in [0.4, 0.5) is 0 Å². The van der Waals surface area contributed by atoms with E-state index in [1.807, 2.05) is 42.7 Å². The summed E-state index contributed by atoms with van der Waals surface area (Å²) in [6.45, 7) is 4.10. The van der Waals surface area contributed by atoms with Crippen molar-refractivity contribution in [2.24, 2.45) is 0 Å². The minimum atomic E-state index is -0.600. The summed E-state index contributed by atoms with van der Waals surface area (Å²) in [7, 11) is 1.33. The summed E-state index contributed by atoms with van der Waals surface area (Å²) >= 11 is 0. The molecule has 0 fully saturated rings. The molecule has 1 N–H and O–H groups in total. The van der Waals surface area contributed by atoms with Crippen LogP contribution in [0.5, 0.6) is 0 Å². The number of nitrogens with zero attached hydrogens (tertiary/aromatic N) is 2. The second-order valence-electron chi connectivity index (χ2n) is 5.39. The van der Waals surface area contributed by atoms with Crippen LogP contribution in [0.25, 0.3) is 11.0 Å². The third-order valence-corrected chi connectivity index (χ3v) is 3.75. The van der Waals surface area contributed by atoms with Crippen LogP contribution in [0.3, 0.4) is 0 Å². The largest absolute Gasteiger partial charge is 0.467 e. The highest BCUT2D eigenvalue weighted by molar-refractivity contribution is 5.85. The van der Waals surface area contributed by atoms with E-state index in [1.54, 1.807) is 0 Å². The van der Waals surface area contributed by atoms with Gasteiger partial charge in [-0.1, -0.05) is 32.4 Å². The molecule has 6 nitrogen and oxygen atoms in total. The molecule has 0 aliphatic rings. The lowest BCUT2D eigenvalue weighted by Crippen LogP contribution is -2.43. The number of hydrogen-bond donors (Lipinski definition) is 1. The number of benzene rings is 1. The Morgan fingerprint density at radius 2 is 2.04 bits per heavy atom. The summed E-state index contributed by atoms with van der Waals surface area (Å²) in [5, 5.41) is 2.76. The van der Waals surface area contributed by atoms with Crippen LogP contribution in [0.15, 0.2) is 24.3 Å². The Kier molecular flexibility index (Phi) is 5.73. The second-order valence-corrected chi connectivity index (χ2v) is 5.39. The Morgan fingerprint density at radius 3 is 2.70 bits per heavy atom. The van der Waals surface area contributed by atoms with Gasteiger partial charge in [0.05, 0.1) is 18.1 Å². The Hall–Kier alpha value is -2.37. The standard InChI is InChI=1S/C17H23N3O3/c1-4-8-13(17(22)23-3)19-16(21)11-20-14-10-7-6-9-12(14)18-15(20)5-2/h6-7,9-10,13H,4-5,8,11H2,1-3H3,(H,19,21). The zero-order chi connectivity index (χ0) is 16.8. The first-order valence-electron chi connectivity index (χ1n) is 7.92. The molecule has 0 aliphatic heterocycles. The van der Waals surface area contributed by atoms with Crippen LogP contribution >= 0.6 is 0 Å². The van der Waals surface area contributed by atoms with E-state index in [-0.39, 0.29) is 12.5 Å². The number of esters is 1. The monoisotopic (exact) mass is 317 g/mol. The smallest absolute Gasteiger partial charge is 0.328 e. The Labute approximate surface area is 135 Å². The number of fused-ring (bicyclic) bond motifs is 1. The molecule has 6 heteroatoms. The van der Waals surface area contributed by atoms with Crippen molar-refractivity contribution in [1.82, 2.24) is 14.9 Å². The molecule has 0 bridgehead atoms. The number of imidazole rings is 1. The number of rotatable bonds is 7. The fourth-order valence-electron chi connectivity index (χ4n) is 2.64. The normalized spacial score (nSPS) is 12.1. The van der Waals surface area contributed by atoms with Crippen LogP contribution in [0.2, 0.25) is 0 Å². The second kappa shape index (κ2) is 7.76. The van der Waals surface area contributed by atoms with E-state index < -0.39 is 12.0 Å². The van der Waals surface area contributed by atoms with Gasteiger partial charge in [-0.2, -0.15) is 0 Å². The number of hydrogen-bond acceptors (Lipinski definition) is 4. The summed E-state index contributed by atoms with van der Waals surface area (Å²) < 4.78 is 6.64. The molecule has 0 spiro atoms. The first kappa shape index (κ1) is 17.0. The molecule has 0 saturated heterocycles. The van der Waals surface area contributed by atoms with Crippen molar-refractivity contribution in [3.8, 4) is 0 Å². The summed E-state index contributed by atoms with van der Waals surface area (Å²) in [5.74, 6) is 0.226. The van der Waals surface area contributed by atoms with Crippen LogP contribution in [-0.4, -0.2) is 34.6 Å². The average Bonchev–Trinajstić information content (AvgIpc) is 2.91. The quantitative estimate of drug-likeness (QED) is 0.793. The maximum Gasteiger partial charge on any atom is 0.328 e. The lowest BCUT2D eigenvalue weighted by Gasteiger charge is -2.16. The van der Waals surface area contributed by atoms with Crippen LogP contribution in [0.1, 0.15) is 32.5 Å². The third-order valence-electron chi connectivity index (χ3n) is 3.75. The SMILES string of the molecule is CCCC(NC(=O)Cn1c(CC)nc2ccccc21)C(=O)OC. The highest BCUT2D eigenvalue weighted by atomic mass is 16.5. The molecule has 1 unspecified atom stereocenters. The molecule has 1 aromatic heterocycles. The first-order valence-corrected chi connectivity index (χ1v) is 7.92. The van der Waals surface area contributed by atoms with Crippen molar-refractivity contribution < 1.29 is 14.3 Å². The maximum absolute atomic E-state index is 12.4. The van der Waals surface area contributed by atoms with Gasteiger partial charge in [0.15, 0.2) is 0 Å². The van der Waals surface area contributed by atoms with Gasteiger partial charge in [-0.3, -0.25) is 4.79 Å². The molecule has 0 saturated carbocycles. The molecule has 2 aromatic rings. The van der Waals surface area contributed by atoms with Crippen molar-refractivity contribution in [2.75, 3.05) is 7.11 Å². The lowest BCUT2D eigenvalue weighted by molar-refractivity contribution is -0.145. The Morgan fingerprint density at radius 1 is 1.30 bits per heavy atom. The molecule has 1 amide bonds. The highest BCUT2D eigenvalue weighted by Gasteiger charge is 2.21. The number of aryl methyl sites for hydroxylation is 1. The van der Waals surface area contributed by atoms with Gasteiger partial charge in [0.25, 0.3) is 0 Å². The van der Waals surface area contributed by atoms with Crippen molar-refractivity contribution in [3.63, 3.8) is 0 Å². The topological polar surface area (TPSA) is 73.2 Å². The third kappa shape index (κ3) is 3.88. The molecule has 1 atom stereocenters. The highest BCUT2D eigenvalue weighted by Crippen LogP contribution is 2.16. The van der Waals surface area contributed by atoms with E-state index in [0.29, 0.717) is 6.42 Å². The van der Waals surface area contributed by atoms with Crippen molar-refractivity contribution in [1.29, 1.82) is 0 Å². The molecule has 1 heterocycles. The lowest BCUT2D eigenvalue weighted by atomic mass is 10.1. The van der Waals surface area contributed by atoms with Crippen LogP contribution < -0.4 is 5.32 Å². The number of carbonyl (C=O) groups excluding carboxylic acids is 2. The number of amides is 1. The van der Waals surface area contributed by atoms with E-state index in [0.717, 1.165) is 29.7 Å². The molecular weight excluding hydrogens is 294 g/mol. The number of carbonyl (C=O) groups is 2. The minimum Gasteiger partial charge on any atom is -0.467 e. The maximum atomic E-state index is 12.4. The van der Waals surface area contributed by atoms with E-state index in [9.17, 15) is 9.59 Å². The van der Waals surface area contributed by atoms with Gasteiger partial charge in [0, 0.05) is 6.42 Å². The molecular formula is C17H23N3O3. The van der Waals surface area contributed by atoms with E-state index in [4.69, 9.17) is 4.74 Å². The minimum absolute atomic E-state index is 0.140. The average molecular weight is 317 g/mol. The number of aromatic nitrogens is 2. The zero-order valence-corrected chi connectivity index (χ0v) is 13.8. The Bertz CT molecular complexity index is 693. The van der Waals surface area contributed by atoms with Gasteiger partial charge >= 0.3 is 5.97 Å². The van der Waals surface area contributed by atoms with E-state index in [1.165, 1.54) is 7.11 Å². The summed E-state index contributed by atoms with van der Waals surface area (Å²) in [5.41, 5.74) is 1.79. The molecule has 1 aromatic carbocycles. The van der Waals surface area contributed by atoms with Gasteiger partial charge < -0.3 is 14.6 Å². The zero-order valence-electron chi connectivity index (χ0n) is 13.8. The van der Waals surface area contributed by atoms with Crippen molar-refractivity contribution >= 4 is 22.9 Å². The summed E-state index contributed by atoms with van der Waals surface area (Å²) in [6, 6.07) is 7.12. The summed E-state index contributed by atoms with van der Waals surface area (Å²) in [6.07, 6.45) is 2.08. The molecule has 2 rings (SSSR count). The number of nitrogens with one attached hydrogen (secondary N) is 1. The predicted molar refractivity (Wildman–Crippen MR) is 88.0 cm³/mol. The number of para-hydroxylation sites is 2. The van der Waals surface area contributed by atoms with Gasteiger partial charge in [-0.25, -0.2) is 9.78 Å². The Balaban J connectivity index is 2.18. The van der Waals surface area contributed by atoms with Gasteiger partial charge in [-0.15, -0.1) is 0 Å². The van der Waals surface area contributed by atoms with Crippen LogP contribution in [-0.2, 0) is 27.3 Å². The first-order chi connectivity index (χ1) is 11.1. The fraction of sp³-hybridized carbons (Fsp3) is 0.471. The fourth-order valence-corrected chi connectivity index (χ4v) is 2.64. The van der Waals surface area contributed by atoms with Gasteiger partial charge in [0.1, 0.15) is 18.4 Å². The number of ether oxygens (including phenoxy) is 1. The van der Waals surface area contributed by atoms with Crippen molar-refractivity contribution in [2.45, 2.75) is 45.7 Å². The molecule has 124 valence electrons. The van der Waals surface area contributed by atoms with Crippen molar-refractivity contribution in [3.05, 3.63) is 30.1 Å². The molecule has 0 radical (unpaired) electrons. The predicted octanol–water partition coefficient (Wildman–Crippen LogP) is 2.06. The van der Waals surface area contributed by atoms with Gasteiger partial charge in [-0.05, 0) is 18.6 Å². The summed E-state index contributed by atoms with van der Waals surface area (Å²) in [4.78, 5) is 28.6. The van der Waals surface area contributed by atoms with E-state index >= 15 is 0 Å². The van der Waals surface area contributed by atoms with Crippen LogP contribution in [0, 0.1) is 0 Å². The van der Waals surface area contributed by atoms with Gasteiger partial charge in [0.2, 0.25) is 5.91 Å². The van der Waals surface area contributed by atoms with E-state index in [2.05, 4.69) is 10.3 Å². The molecule has 0 aliphatic carbocycles. The molecule has 23 heavy (non-hydrogen) atoms.